The van der Waals surface area contributed by atoms with Crippen LogP contribution in [-0.2, 0) is 38.2 Å². The van der Waals surface area contributed by atoms with Gasteiger partial charge in [0.2, 0.25) is 0 Å². The summed E-state index contributed by atoms with van der Waals surface area (Å²) >= 11 is 0. The van der Waals surface area contributed by atoms with Crippen molar-refractivity contribution in [1.82, 2.24) is 9.80 Å². The molecule has 2 aliphatic heterocycles. The first-order valence-electron chi connectivity index (χ1n) is 12.9. The van der Waals surface area contributed by atoms with E-state index in [-0.39, 0.29) is 62.8 Å². The molecule has 0 bridgehead atoms. The minimum Gasteiger partial charge on any atom is -0.464 e. The molecule has 4 amide bonds. The summed E-state index contributed by atoms with van der Waals surface area (Å²) < 4.78 is 10.3. The fraction of sp³-hybridized carbons (Fsp3) is 0.615. The van der Waals surface area contributed by atoms with Gasteiger partial charge in [-0.3, -0.25) is 38.6 Å². The highest BCUT2D eigenvalue weighted by Gasteiger charge is 2.39. The van der Waals surface area contributed by atoms with Gasteiger partial charge in [-0.15, -0.1) is 0 Å². The van der Waals surface area contributed by atoms with Gasteiger partial charge >= 0.3 is 11.9 Å². The van der Waals surface area contributed by atoms with Gasteiger partial charge < -0.3 is 9.47 Å². The summed E-state index contributed by atoms with van der Waals surface area (Å²) in [4.78, 5) is 75.7. The van der Waals surface area contributed by atoms with Crippen LogP contribution in [-0.4, -0.2) is 71.7 Å². The van der Waals surface area contributed by atoms with Crippen LogP contribution in [0, 0.1) is 0 Å². The quantitative estimate of drug-likeness (QED) is 0.240. The lowest BCUT2D eigenvalue weighted by molar-refractivity contribution is -0.148. The molecule has 0 aromatic rings. The molecule has 0 aromatic carbocycles. The van der Waals surface area contributed by atoms with Gasteiger partial charge in [0.15, 0.2) is 0 Å². The number of esters is 2. The number of hydrogen-bond donors (Lipinski definition) is 0. The molecule has 36 heavy (non-hydrogen) atoms. The molecular formula is C26H32N2O8. The van der Waals surface area contributed by atoms with Gasteiger partial charge in [-0.2, -0.15) is 0 Å². The van der Waals surface area contributed by atoms with Gasteiger partial charge in [-0.05, 0) is 64.2 Å². The van der Waals surface area contributed by atoms with E-state index >= 15 is 0 Å². The Hall–Kier alpha value is -3.30. The molecule has 0 atom stereocenters. The molecule has 10 heteroatoms. The predicted molar refractivity (Wildman–Crippen MR) is 125 cm³/mol. The summed E-state index contributed by atoms with van der Waals surface area (Å²) in [5.41, 5.74) is 2.44. The smallest absolute Gasteiger partial charge is 0.305 e. The van der Waals surface area contributed by atoms with Crippen LogP contribution < -0.4 is 0 Å². The third kappa shape index (κ3) is 5.57. The maximum atomic E-state index is 12.4. The first-order chi connectivity index (χ1) is 17.4. The molecule has 10 nitrogen and oxygen atoms in total. The van der Waals surface area contributed by atoms with Crippen molar-refractivity contribution in [2.24, 2.45) is 0 Å². The number of unbranched alkanes of at least 4 members (excludes halogenated alkanes) is 1. The largest absolute Gasteiger partial charge is 0.464 e. The maximum Gasteiger partial charge on any atom is 0.305 e. The maximum absolute atomic E-state index is 12.4. The summed E-state index contributed by atoms with van der Waals surface area (Å²) in [7, 11) is 0. The predicted octanol–water partition coefficient (Wildman–Crippen LogP) is 2.11. The lowest BCUT2D eigenvalue weighted by atomic mass is 9.93. The molecule has 0 saturated carbocycles. The molecule has 194 valence electrons. The van der Waals surface area contributed by atoms with E-state index in [0.29, 0.717) is 60.8 Å². The Morgan fingerprint density at radius 3 is 1.17 bits per heavy atom. The molecule has 0 spiro atoms. The second kappa shape index (κ2) is 11.6. The van der Waals surface area contributed by atoms with E-state index in [0.717, 1.165) is 35.5 Å². The Kier molecular flexibility index (Phi) is 8.32. The minimum absolute atomic E-state index is 0.0449. The summed E-state index contributed by atoms with van der Waals surface area (Å²) in [6, 6.07) is 0. The second-order valence-corrected chi connectivity index (χ2v) is 9.50. The Morgan fingerprint density at radius 1 is 0.556 bits per heavy atom. The van der Waals surface area contributed by atoms with Crippen LogP contribution >= 0.6 is 0 Å². The third-order valence-corrected chi connectivity index (χ3v) is 7.12. The van der Waals surface area contributed by atoms with Crippen LogP contribution in [0.2, 0.25) is 0 Å². The van der Waals surface area contributed by atoms with Crippen molar-refractivity contribution in [3.8, 4) is 0 Å². The highest BCUT2D eigenvalue weighted by atomic mass is 16.5. The monoisotopic (exact) mass is 500 g/mol. The molecule has 2 heterocycles. The normalized spacial score (nSPS) is 19.8. The van der Waals surface area contributed by atoms with Crippen molar-refractivity contribution >= 4 is 35.6 Å². The molecule has 4 rings (SSSR count). The first-order valence-corrected chi connectivity index (χ1v) is 12.9. The van der Waals surface area contributed by atoms with E-state index in [1.807, 2.05) is 0 Å². The first kappa shape index (κ1) is 25.8. The van der Waals surface area contributed by atoms with Crippen molar-refractivity contribution < 1.29 is 38.2 Å². The number of amides is 4. The number of imide groups is 2. The van der Waals surface area contributed by atoms with E-state index < -0.39 is 11.9 Å². The van der Waals surface area contributed by atoms with E-state index in [1.54, 1.807) is 0 Å². The SMILES string of the molecule is O=C(CCCCC(=O)OCCN1C(=O)C2=C(CCCC2)C1=O)OCCN1C(=O)C2=C(CCCC2)C1=O. The molecule has 2 aliphatic carbocycles. The number of nitrogens with zero attached hydrogens (tertiary/aromatic N) is 2. The Labute approximate surface area is 209 Å². The van der Waals surface area contributed by atoms with Gasteiger partial charge in [0.05, 0.1) is 13.1 Å². The zero-order valence-electron chi connectivity index (χ0n) is 20.5. The average Bonchev–Trinajstić information content (AvgIpc) is 3.27. The topological polar surface area (TPSA) is 127 Å². The molecule has 0 fully saturated rings. The number of rotatable bonds is 11. The van der Waals surface area contributed by atoms with E-state index in [4.69, 9.17) is 9.47 Å². The van der Waals surface area contributed by atoms with E-state index in [9.17, 15) is 28.8 Å². The Balaban J connectivity index is 1.05. The zero-order chi connectivity index (χ0) is 25.7. The number of carbonyl (C=O) groups excluding carboxylic acids is 6. The van der Waals surface area contributed by atoms with Crippen LogP contribution in [0.3, 0.4) is 0 Å². The average molecular weight is 501 g/mol. The highest BCUT2D eigenvalue weighted by molar-refractivity contribution is 6.20. The molecule has 0 saturated heterocycles. The molecule has 4 aliphatic rings. The molecule has 0 radical (unpaired) electrons. The Bertz CT molecular complexity index is 903. The highest BCUT2D eigenvalue weighted by Crippen LogP contribution is 2.33. The van der Waals surface area contributed by atoms with Crippen molar-refractivity contribution in [3.63, 3.8) is 0 Å². The molecule has 0 aromatic heterocycles. The lowest BCUT2D eigenvalue weighted by Crippen LogP contribution is -2.35. The van der Waals surface area contributed by atoms with Crippen molar-refractivity contribution in [2.75, 3.05) is 26.3 Å². The second-order valence-electron chi connectivity index (χ2n) is 9.50. The van der Waals surface area contributed by atoms with Crippen LogP contribution in [0.4, 0.5) is 0 Å². The molecule has 0 unspecified atom stereocenters. The van der Waals surface area contributed by atoms with Crippen LogP contribution in [0.1, 0.15) is 77.0 Å². The van der Waals surface area contributed by atoms with Crippen molar-refractivity contribution in [1.29, 1.82) is 0 Å². The third-order valence-electron chi connectivity index (χ3n) is 7.12. The number of carbonyl (C=O) groups is 6. The fourth-order valence-electron chi connectivity index (χ4n) is 5.18. The van der Waals surface area contributed by atoms with Crippen LogP contribution in [0.25, 0.3) is 0 Å². The zero-order valence-corrected chi connectivity index (χ0v) is 20.5. The Morgan fingerprint density at radius 2 is 0.861 bits per heavy atom. The fourth-order valence-corrected chi connectivity index (χ4v) is 5.18. The lowest BCUT2D eigenvalue weighted by Gasteiger charge is -2.15. The molecule has 0 N–H and O–H groups in total. The van der Waals surface area contributed by atoms with E-state index in [1.165, 1.54) is 0 Å². The van der Waals surface area contributed by atoms with Gasteiger partial charge in [-0.25, -0.2) is 0 Å². The summed E-state index contributed by atoms with van der Waals surface area (Å²) in [5.74, 6) is -1.97. The van der Waals surface area contributed by atoms with E-state index in [2.05, 4.69) is 0 Å². The van der Waals surface area contributed by atoms with Crippen LogP contribution in [0.15, 0.2) is 22.3 Å². The van der Waals surface area contributed by atoms with Crippen molar-refractivity contribution in [2.45, 2.75) is 77.0 Å². The minimum atomic E-state index is -0.456. The summed E-state index contributed by atoms with van der Waals surface area (Å²) in [5, 5.41) is 0. The molecular weight excluding hydrogens is 468 g/mol. The number of hydrogen-bond acceptors (Lipinski definition) is 8. The van der Waals surface area contributed by atoms with Crippen LogP contribution in [0.5, 0.6) is 0 Å². The summed E-state index contributed by atoms with van der Waals surface area (Å²) in [6.07, 6.45) is 7.22. The standard InChI is InChI=1S/C26H32N2O8/c29-21(35-15-13-27-23(31)17-7-1-2-8-18(17)24(27)32)11-5-6-12-22(30)36-16-14-28-25(33)19-9-3-4-10-20(19)26(28)34/h1-16H2. The van der Waals surface area contributed by atoms with Gasteiger partial charge in [-0.1, -0.05) is 0 Å². The van der Waals surface area contributed by atoms with Gasteiger partial charge in [0.25, 0.3) is 23.6 Å². The number of ether oxygens (including phenoxy) is 2. The van der Waals surface area contributed by atoms with Crippen molar-refractivity contribution in [3.05, 3.63) is 22.3 Å². The summed E-state index contributed by atoms with van der Waals surface area (Å²) in [6.45, 7) is -0.0111. The van der Waals surface area contributed by atoms with Gasteiger partial charge in [0, 0.05) is 35.1 Å². The van der Waals surface area contributed by atoms with Gasteiger partial charge in [0.1, 0.15) is 13.2 Å².